The normalized spacial score (nSPS) is 17.4. The predicted octanol–water partition coefficient (Wildman–Crippen LogP) is 2.57. The first-order chi connectivity index (χ1) is 8.18. The Kier molecular flexibility index (Phi) is 4.13. The summed E-state index contributed by atoms with van der Waals surface area (Å²) < 4.78 is 13.5. The molecule has 1 aromatic rings. The molecule has 1 saturated carbocycles. The average Bonchev–Trinajstić information content (AvgIpc) is 3.13. The van der Waals surface area contributed by atoms with Crippen molar-refractivity contribution in [1.29, 1.82) is 0 Å². The highest BCUT2D eigenvalue weighted by Gasteiger charge is 2.25. The van der Waals surface area contributed by atoms with Gasteiger partial charge in [0.05, 0.1) is 0 Å². The van der Waals surface area contributed by atoms with Crippen LogP contribution in [0.15, 0.2) is 24.3 Å². The summed E-state index contributed by atoms with van der Waals surface area (Å²) in [6.45, 7) is 3.95. The number of nitrogens with zero attached hydrogens (tertiary/aromatic N) is 1. The van der Waals surface area contributed by atoms with Gasteiger partial charge < -0.3 is 10.2 Å². The summed E-state index contributed by atoms with van der Waals surface area (Å²) in [5.41, 5.74) is 0.751. The fourth-order valence-electron chi connectivity index (χ4n) is 2.09. The Morgan fingerprint density at radius 3 is 2.76 bits per heavy atom. The third kappa shape index (κ3) is 3.51. The summed E-state index contributed by atoms with van der Waals surface area (Å²) in [5, 5.41) is 3.37. The zero-order valence-electron chi connectivity index (χ0n) is 10.6. The van der Waals surface area contributed by atoms with E-state index in [4.69, 9.17) is 0 Å². The van der Waals surface area contributed by atoms with Crippen LogP contribution in [0.1, 0.15) is 31.4 Å². The van der Waals surface area contributed by atoms with Gasteiger partial charge in [0.1, 0.15) is 5.82 Å². The Bertz CT molecular complexity index is 363. The van der Waals surface area contributed by atoms with Crippen molar-refractivity contribution in [2.24, 2.45) is 0 Å². The first kappa shape index (κ1) is 12.5. The number of nitrogens with one attached hydrogen (secondary N) is 1. The Hall–Kier alpha value is -0.930. The largest absolute Gasteiger partial charge is 0.309 e. The predicted molar refractivity (Wildman–Crippen MR) is 68.5 cm³/mol. The summed E-state index contributed by atoms with van der Waals surface area (Å²) in [6, 6.07) is 7.84. The molecule has 0 amide bonds. The average molecular weight is 236 g/mol. The van der Waals surface area contributed by atoms with Gasteiger partial charge >= 0.3 is 0 Å². The van der Waals surface area contributed by atoms with E-state index in [1.165, 1.54) is 18.9 Å². The number of likely N-dealkylation sites (N-methyl/N-ethyl adjacent to an activating group) is 1. The number of hydrogen-bond donors (Lipinski definition) is 1. The second kappa shape index (κ2) is 5.61. The molecule has 2 rings (SSSR count). The van der Waals surface area contributed by atoms with Crippen LogP contribution in [-0.2, 0) is 0 Å². The molecule has 17 heavy (non-hydrogen) atoms. The molecule has 0 heterocycles. The van der Waals surface area contributed by atoms with Gasteiger partial charge in [-0.25, -0.2) is 4.39 Å². The summed E-state index contributed by atoms with van der Waals surface area (Å²) in [5.74, 6) is -0.122. The molecule has 0 radical (unpaired) electrons. The van der Waals surface area contributed by atoms with Crippen molar-refractivity contribution < 1.29 is 4.39 Å². The van der Waals surface area contributed by atoms with Gasteiger partial charge in [0.15, 0.2) is 0 Å². The number of rotatable bonds is 6. The minimum Gasteiger partial charge on any atom is -0.309 e. The lowest BCUT2D eigenvalue weighted by Gasteiger charge is -2.19. The van der Waals surface area contributed by atoms with Gasteiger partial charge in [-0.3, -0.25) is 0 Å². The second-order valence-electron chi connectivity index (χ2n) is 4.91. The minimum absolute atomic E-state index is 0.0730. The van der Waals surface area contributed by atoms with Crippen LogP contribution in [0.2, 0.25) is 0 Å². The molecule has 1 N–H and O–H groups in total. The molecule has 1 fully saturated rings. The summed E-state index contributed by atoms with van der Waals surface area (Å²) in [4.78, 5) is 2.38. The Labute approximate surface area is 103 Å². The van der Waals surface area contributed by atoms with Crippen LogP contribution in [0.4, 0.5) is 4.39 Å². The third-order valence-electron chi connectivity index (χ3n) is 3.46. The quantitative estimate of drug-likeness (QED) is 0.816. The van der Waals surface area contributed by atoms with E-state index in [0.717, 1.165) is 24.7 Å². The molecule has 0 aliphatic heterocycles. The van der Waals surface area contributed by atoms with E-state index >= 15 is 0 Å². The highest BCUT2D eigenvalue weighted by atomic mass is 19.1. The van der Waals surface area contributed by atoms with E-state index in [-0.39, 0.29) is 11.9 Å². The zero-order valence-corrected chi connectivity index (χ0v) is 10.6. The molecule has 1 aliphatic carbocycles. The van der Waals surface area contributed by atoms with Gasteiger partial charge in [-0.2, -0.15) is 0 Å². The van der Waals surface area contributed by atoms with Crippen molar-refractivity contribution in [3.63, 3.8) is 0 Å². The van der Waals surface area contributed by atoms with Crippen LogP contribution in [-0.4, -0.2) is 31.1 Å². The molecule has 0 bridgehead atoms. The van der Waals surface area contributed by atoms with Crippen molar-refractivity contribution >= 4 is 0 Å². The third-order valence-corrected chi connectivity index (χ3v) is 3.46. The molecule has 2 nitrogen and oxygen atoms in total. The number of benzene rings is 1. The van der Waals surface area contributed by atoms with Crippen molar-refractivity contribution in [3.05, 3.63) is 35.6 Å². The maximum Gasteiger partial charge on any atom is 0.127 e. The van der Waals surface area contributed by atoms with Gasteiger partial charge in [-0.1, -0.05) is 18.2 Å². The fourth-order valence-corrected chi connectivity index (χ4v) is 2.09. The highest BCUT2D eigenvalue weighted by molar-refractivity contribution is 5.20. The summed E-state index contributed by atoms with van der Waals surface area (Å²) >= 11 is 0. The Balaban J connectivity index is 1.76. The van der Waals surface area contributed by atoms with Gasteiger partial charge in [-0.05, 0) is 32.9 Å². The maximum absolute atomic E-state index is 13.5. The van der Waals surface area contributed by atoms with Crippen LogP contribution in [0, 0.1) is 5.82 Å². The van der Waals surface area contributed by atoms with E-state index in [1.807, 2.05) is 19.1 Å². The van der Waals surface area contributed by atoms with E-state index < -0.39 is 0 Å². The first-order valence-electron chi connectivity index (χ1n) is 6.36. The first-order valence-corrected chi connectivity index (χ1v) is 6.36. The van der Waals surface area contributed by atoms with Crippen LogP contribution < -0.4 is 5.32 Å². The molecular formula is C14H21FN2. The highest BCUT2D eigenvalue weighted by Crippen LogP contribution is 2.24. The Morgan fingerprint density at radius 1 is 1.41 bits per heavy atom. The molecule has 0 aromatic heterocycles. The van der Waals surface area contributed by atoms with Crippen molar-refractivity contribution in [3.8, 4) is 0 Å². The van der Waals surface area contributed by atoms with E-state index in [1.54, 1.807) is 6.07 Å². The lowest BCUT2D eigenvalue weighted by Crippen LogP contribution is -2.32. The van der Waals surface area contributed by atoms with Crippen LogP contribution in [0.5, 0.6) is 0 Å². The van der Waals surface area contributed by atoms with Gasteiger partial charge in [0.25, 0.3) is 0 Å². The second-order valence-corrected chi connectivity index (χ2v) is 4.91. The van der Waals surface area contributed by atoms with Gasteiger partial charge in [0, 0.05) is 30.7 Å². The lowest BCUT2D eigenvalue weighted by molar-refractivity contribution is 0.316. The van der Waals surface area contributed by atoms with Crippen molar-refractivity contribution in [2.75, 3.05) is 20.1 Å². The van der Waals surface area contributed by atoms with Crippen LogP contribution >= 0.6 is 0 Å². The zero-order chi connectivity index (χ0) is 12.3. The smallest absolute Gasteiger partial charge is 0.127 e. The summed E-state index contributed by atoms with van der Waals surface area (Å²) in [6.07, 6.45) is 2.67. The van der Waals surface area contributed by atoms with E-state index in [2.05, 4.69) is 17.3 Å². The minimum atomic E-state index is -0.122. The molecule has 1 aromatic carbocycles. The molecule has 1 atom stereocenters. The standard InChI is InChI=1S/C14H21FN2/c1-11(13-5-3-4-6-14(13)15)16-9-10-17(2)12-7-8-12/h3-6,11-12,16H,7-10H2,1-2H3. The Morgan fingerprint density at radius 2 is 2.12 bits per heavy atom. The molecular weight excluding hydrogens is 215 g/mol. The SMILES string of the molecule is CC(NCCN(C)C1CC1)c1ccccc1F. The molecule has 94 valence electrons. The van der Waals surface area contributed by atoms with Gasteiger partial charge in [-0.15, -0.1) is 0 Å². The number of halogens is 1. The topological polar surface area (TPSA) is 15.3 Å². The molecule has 0 spiro atoms. The number of hydrogen-bond acceptors (Lipinski definition) is 2. The molecule has 0 saturated heterocycles. The van der Waals surface area contributed by atoms with Crippen molar-refractivity contribution in [1.82, 2.24) is 10.2 Å². The van der Waals surface area contributed by atoms with Crippen LogP contribution in [0.3, 0.4) is 0 Å². The van der Waals surface area contributed by atoms with E-state index in [9.17, 15) is 4.39 Å². The monoisotopic (exact) mass is 236 g/mol. The summed E-state index contributed by atoms with van der Waals surface area (Å²) in [7, 11) is 2.16. The molecule has 1 aliphatic rings. The van der Waals surface area contributed by atoms with Gasteiger partial charge in [0.2, 0.25) is 0 Å². The molecule has 3 heteroatoms. The van der Waals surface area contributed by atoms with Crippen molar-refractivity contribution in [2.45, 2.75) is 31.8 Å². The fraction of sp³-hybridized carbons (Fsp3) is 0.571. The molecule has 1 unspecified atom stereocenters. The van der Waals surface area contributed by atoms with E-state index in [0.29, 0.717) is 0 Å². The lowest BCUT2D eigenvalue weighted by atomic mass is 10.1. The maximum atomic E-state index is 13.5. The van der Waals surface area contributed by atoms with Crippen LogP contribution in [0.25, 0.3) is 0 Å².